The lowest BCUT2D eigenvalue weighted by Crippen LogP contribution is -1.83. The molecule has 0 bridgehead atoms. The average Bonchev–Trinajstić information content (AvgIpc) is 2.03. The third-order valence-corrected chi connectivity index (χ3v) is 1.56. The van der Waals surface area contributed by atoms with Crippen molar-refractivity contribution in [3.63, 3.8) is 0 Å². The van der Waals surface area contributed by atoms with E-state index < -0.39 is 0 Å². The molecule has 0 aliphatic carbocycles. The van der Waals surface area contributed by atoms with Gasteiger partial charge in [0.05, 0.1) is 5.69 Å². The van der Waals surface area contributed by atoms with Gasteiger partial charge in [0.15, 0.2) is 0 Å². The Morgan fingerprint density at radius 1 is 1.55 bits per heavy atom. The lowest BCUT2D eigenvalue weighted by Gasteiger charge is -1.95. The first kappa shape index (κ1) is 7.99. The Morgan fingerprint density at radius 2 is 2.36 bits per heavy atom. The van der Waals surface area contributed by atoms with Crippen molar-refractivity contribution in [2.24, 2.45) is 0 Å². The van der Waals surface area contributed by atoms with Crippen molar-refractivity contribution in [2.75, 3.05) is 0 Å². The summed E-state index contributed by atoms with van der Waals surface area (Å²) in [5.41, 5.74) is 2.31. The van der Waals surface area contributed by atoms with Gasteiger partial charge in [-0.25, -0.2) is 0 Å². The molecule has 0 radical (unpaired) electrons. The number of hydrogen-bond donors (Lipinski definition) is 0. The topological polar surface area (TPSA) is 12.9 Å². The first-order chi connectivity index (χ1) is 5.34. The zero-order chi connectivity index (χ0) is 8.10. The van der Waals surface area contributed by atoms with Gasteiger partial charge in [-0.05, 0) is 31.1 Å². The Hall–Kier alpha value is -1.11. The molecule has 0 atom stereocenters. The Labute approximate surface area is 67.8 Å². The van der Waals surface area contributed by atoms with Gasteiger partial charge in [0, 0.05) is 6.20 Å². The highest BCUT2D eigenvalue weighted by atomic mass is 14.7. The molecule has 0 N–H and O–H groups in total. The van der Waals surface area contributed by atoms with Crippen LogP contribution < -0.4 is 0 Å². The molecule has 0 fully saturated rings. The van der Waals surface area contributed by atoms with E-state index in [1.807, 2.05) is 12.3 Å². The van der Waals surface area contributed by atoms with Crippen LogP contribution in [-0.4, -0.2) is 4.98 Å². The van der Waals surface area contributed by atoms with Crippen molar-refractivity contribution < 1.29 is 0 Å². The molecular formula is C10H13N. The van der Waals surface area contributed by atoms with Crippen molar-refractivity contribution in [3.05, 3.63) is 35.7 Å². The Balaban J connectivity index is 2.86. The molecule has 0 saturated carbocycles. The molecule has 1 rings (SSSR count). The van der Waals surface area contributed by atoms with Crippen LogP contribution in [0.15, 0.2) is 24.4 Å². The van der Waals surface area contributed by atoms with Crippen LogP contribution in [0.2, 0.25) is 0 Å². The minimum Gasteiger partial charge on any atom is -0.257 e. The van der Waals surface area contributed by atoms with E-state index in [0.29, 0.717) is 0 Å². The SMILES string of the molecule is CCC=Cc1ncccc1C. The smallest absolute Gasteiger partial charge is 0.0655 e. The van der Waals surface area contributed by atoms with Gasteiger partial charge >= 0.3 is 0 Å². The van der Waals surface area contributed by atoms with Crippen LogP contribution >= 0.6 is 0 Å². The predicted octanol–water partition coefficient (Wildman–Crippen LogP) is 2.81. The Bertz CT molecular complexity index is 251. The highest BCUT2D eigenvalue weighted by molar-refractivity contribution is 5.48. The molecule has 1 aromatic rings. The summed E-state index contributed by atoms with van der Waals surface area (Å²) in [5.74, 6) is 0. The van der Waals surface area contributed by atoms with Gasteiger partial charge in [0.25, 0.3) is 0 Å². The van der Waals surface area contributed by atoms with Gasteiger partial charge in [-0.15, -0.1) is 0 Å². The minimum absolute atomic E-state index is 1.07. The molecule has 11 heavy (non-hydrogen) atoms. The second-order valence-electron chi connectivity index (χ2n) is 2.52. The van der Waals surface area contributed by atoms with E-state index in [9.17, 15) is 0 Å². The van der Waals surface area contributed by atoms with Crippen molar-refractivity contribution in [1.82, 2.24) is 4.98 Å². The largest absolute Gasteiger partial charge is 0.257 e. The summed E-state index contributed by atoms with van der Waals surface area (Å²) < 4.78 is 0. The van der Waals surface area contributed by atoms with Crippen molar-refractivity contribution in [3.8, 4) is 0 Å². The molecule has 0 spiro atoms. The number of nitrogens with zero attached hydrogens (tertiary/aromatic N) is 1. The van der Waals surface area contributed by atoms with Gasteiger partial charge in [0.2, 0.25) is 0 Å². The molecule has 0 aliphatic rings. The van der Waals surface area contributed by atoms with E-state index in [-0.39, 0.29) is 0 Å². The lowest BCUT2D eigenvalue weighted by molar-refractivity contribution is 1.20. The molecule has 58 valence electrons. The second-order valence-corrected chi connectivity index (χ2v) is 2.52. The van der Waals surface area contributed by atoms with E-state index in [0.717, 1.165) is 12.1 Å². The van der Waals surface area contributed by atoms with Gasteiger partial charge in [-0.3, -0.25) is 4.98 Å². The Kier molecular flexibility index (Phi) is 2.84. The molecular weight excluding hydrogens is 134 g/mol. The fraction of sp³-hybridized carbons (Fsp3) is 0.300. The maximum Gasteiger partial charge on any atom is 0.0655 e. The van der Waals surface area contributed by atoms with E-state index in [1.165, 1.54) is 5.56 Å². The van der Waals surface area contributed by atoms with Crippen LogP contribution in [0.1, 0.15) is 24.6 Å². The maximum absolute atomic E-state index is 4.23. The molecule has 0 amide bonds. The second kappa shape index (κ2) is 3.91. The maximum atomic E-state index is 4.23. The quantitative estimate of drug-likeness (QED) is 0.626. The van der Waals surface area contributed by atoms with Crippen molar-refractivity contribution in [2.45, 2.75) is 20.3 Å². The van der Waals surface area contributed by atoms with Crippen LogP contribution in [0.3, 0.4) is 0 Å². The van der Waals surface area contributed by atoms with Gasteiger partial charge in [0.1, 0.15) is 0 Å². The van der Waals surface area contributed by atoms with E-state index in [1.54, 1.807) is 0 Å². The summed E-state index contributed by atoms with van der Waals surface area (Å²) in [7, 11) is 0. The fourth-order valence-corrected chi connectivity index (χ4v) is 0.902. The molecule has 1 heterocycles. The van der Waals surface area contributed by atoms with Crippen LogP contribution in [0.4, 0.5) is 0 Å². The zero-order valence-electron chi connectivity index (χ0n) is 7.04. The number of aryl methyl sites for hydroxylation is 1. The lowest BCUT2D eigenvalue weighted by atomic mass is 10.2. The molecule has 0 aromatic carbocycles. The molecule has 1 heteroatoms. The number of rotatable bonds is 2. The summed E-state index contributed by atoms with van der Waals surface area (Å²) in [5, 5.41) is 0. The van der Waals surface area contributed by atoms with Gasteiger partial charge < -0.3 is 0 Å². The third kappa shape index (κ3) is 2.19. The Morgan fingerprint density at radius 3 is 3.00 bits per heavy atom. The summed E-state index contributed by atoms with van der Waals surface area (Å²) in [6.07, 6.45) is 7.07. The molecule has 0 saturated heterocycles. The van der Waals surface area contributed by atoms with E-state index >= 15 is 0 Å². The highest BCUT2D eigenvalue weighted by Crippen LogP contribution is 2.04. The average molecular weight is 147 g/mol. The summed E-state index contributed by atoms with van der Waals surface area (Å²) in [6, 6.07) is 4.03. The van der Waals surface area contributed by atoms with Crippen molar-refractivity contribution in [1.29, 1.82) is 0 Å². The van der Waals surface area contributed by atoms with Crippen LogP contribution in [0.5, 0.6) is 0 Å². The predicted molar refractivity (Wildman–Crippen MR) is 48.3 cm³/mol. The summed E-state index contributed by atoms with van der Waals surface area (Å²) >= 11 is 0. The third-order valence-electron chi connectivity index (χ3n) is 1.56. The van der Waals surface area contributed by atoms with E-state index in [4.69, 9.17) is 0 Å². The minimum atomic E-state index is 1.07. The zero-order valence-corrected chi connectivity index (χ0v) is 7.04. The fourth-order valence-electron chi connectivity index (χ4n) is 0.902. The van der Waals surface area contributed by atoms with Gasteiger partial charge in [-0.2, -0.15) is 0 Å². The molecule has 1 nitrogen and oxygen atoms in total. The highest BCUT2D eigenvalue weighted by Gasteiger charge is 1.90. The number of aromatic nitrogens is 1. The normalized spacial score (nSPS) is 10.7. The number of pyridine rings is 1. The van der Waals surface area contributed by atoms with Crippen molar-refractivity contribution >= 4 is 6.08 Å². The monoisotopic (exact) mass is 147 g/mol. The standard InChI is InChI=1S/C10H13N/c1-3-4-7-10-9(2)6-5-8-11-10/h4-8H,3H2,1-2H3. The molecule has 0 aliphatic heterocycles. The number of hydrogen-bond acceptors (Lipinski definition) is 1. The summed E-state index contributed by atoms with van der Waals surface area (Å²) in [6.45, 7) is 4.19. The number of allylic oxidation sites excluding steroid dienone is 1. The van der Waals surface area contributed by atoms with Crippen LogP contribution in [-0.2, 0) is 0 Å². The first-order valence-electron chi connectivity index (χ1n) is 3.92. The summed E-state index contributed by atoms with van der Waals surface area (Å²) in [4.78, 5) is 4.23. The van der Waals surface area contributed by atoms with E-state index in [2.05, 4.69) is 37.0 Å². The first-order valence-corrected chi connectivity index (χ1v) is 3.92. The molecule has 0 unspecified atom stereocenters. The van der Waals surface area contributed by atoms with Gasteiger partial charge in [-0.1, -0.05) is 19.1 Å². The molecule has 1 aromatic heterocycles. The van der Waals surface area contributed by atoms with Crippen LogP contribution in [0.25, 0.3) is 6.08 Å². The van der Waals surface area contributed by atoms with Crippen LogP contribution in [0, 0.1) is 6.92 Å².